The molecule has 2 aromatic rings. The van der Waals surface area contributed by atoms with Gasteiger partial charge in [-0.15, -0.1) is 0 Å². The molecule has 0 amide bonds. The maximum absolute atomic E-state index is 12.8. The summed E-state index contributed by atoms with van der Waals surface area (Å²) >= 11 is 5.75. The van der Waals surface area contributed by atoms with E-state index in [1.165, 1.54) is 24.3 Å². The number of benzene rings is 2. The highest BCUT2D eigenvalue weighted by Gasteiger charge is 2.33. The fourth-order valence-corrected chi connectivity index (χ4v) is 4.13. The molecule has 0 aliphatic rings. The van der Waals surface area contributed by atoms with Crippen LogP contribution in [0.1, 0.15) is 5.56 Å². The molecule has 0 unspecified atom stereocenters. The minimum Gasteiger partial charge on any atom is -0.282 e. The van der Waals surface area contributed by atoms with E-state index in [4.69, 9.17) is 11.6 Å². The molecule has 0 heterocycles. The second kappa shape index (κ2) is 6.97. The van der Waals surface area contributed by atoms with Gasteiger partial charge in [0.15, 0.2) is 0 Å². The predicted molar refractivity (Wildman–Crippen MR) is 92.2 cm³/mol. The van der Waals surface area contributed by atoms with Crippen molar-refractivity contribution in [2.75, 3.05) is 15.7 Å². The minimum absolute atomic E-state index is 0.0957. The lowest BCUT2D eigenvalue weighted by Crippen LogP contribution is -2.17. The topological polar surface area (TPSA) is 92.3 Å². The van der Waals surface area contributed by atoms with Gasteiger partial charge in [-0.3, -0.25) is 9.44 Å². The summed E-state index contributed by atoms with van der Waals surface area (Å²) in [5.74, 6) is 0. The molecule has 0 aliphatic heterocycles. The zero-order valence-electron chi connectivity index (χ0n) is 13.0. The van der Waals surface area contributed by atoms with Crippen LogP contribution in [0.25, 0.3) is 0 Å². The summed E-state index contributed by atoms with van der Waals surface area (Å²) in [5, 5.41) is -0.418. The highest BCUT2D eigenvalue weighted by Crippen LogP contribution is 2.34. The zero-order chi connectivity index (χ0) is 19.8. The van der Waals surface area contributed by atoms with E-state index in [0.717, 1.165) is 12.3 Å². The third kappa shape index (κ3) is 5.02. The lowest BCUT2D eigenvalue weighted by atomic mass is 10.2. The van der Waals surface area contributed by atoms with Gasteiger partial charge in [0.2, 0.25) is 10.0 Å². The van der Waals surface area contributed by atoms with E-state index < -0.39 is 41.7 Å². The normalized spacial score (nSPS) is 12.7. The quantitative estimate of drug-likeness (QED) is 0.762. The number of sulfonamides is 2. The van der Waals surface area contributed by atoms with Crippen LogP contribution in [0.2, 0.25) is 5.02 Å². The van der Waals surface area contributed by atoms with E-state index in [1.54, 1.807) is 0 Å². The number of alkyl halides is 3. The molecule has 6 nitrogen and oxygen atoms in total. The third-order valence-electron chi connectivity index (χ3n) is 3.01. The molecule has 0 bridgehead atoms. The van der Waals surface area contributed by atoms with Crippen molar-refractivity contribution >= 4 is 43.0 Å². The predicted octanol–water partition coefficient (Wildman–Crippen LogP) is 3.53. The highest BCUT2D eigenvalue weighted by atomic mass is 35.5. The summed E-state index contributed by atoms with van der Waals surface area (Å²) in [6, 6.07) is 7.26. The van der Waals surface area contributed by atoms with Crippen molar-refractivity contribution < 1.29 is 30.0 Å². The smallest absolute Gasteiger partial charge is 0.282 e. The van der Waals surface area contributed by atoms with E-state index >= 15 is 0 Å². The van der Waals surface area contributed by atoms with Gasteiger partial charge in [-0.2, -0.15) is 13.2 Å². The molecular weight excluding hydrogens is 417 g/mol. The standard InChI is InChI=1S/C14H12ClF3N2O4S2/c1-25(21,22)19-11-4-2-3-5-12(11)20-26(23,24)13-8-9(14(16,17)18)6-7-10(13)15/h2-8,19-20H,1H3. The zero-order valence-corrected chi connectivity index (χ0v) is 15.4. The van der Waals surface area contributed by atoms with Crippen LogP contribution in [0.3, 0.4) is 0 Å². The Balaban J connectivity index is 2.48. The fraction of sp³-hybridized carbons (Fsp3) is 0.143. The Kier molecular flexibility index (Phi) is 5.45. The molecule has 0 spiro atoms. The third-order valence-corrected chi connectivity index (χ3v) is 5.45. The van der Waals surface area contributed by atoms with Gasteiger partial charge in [-0.1, -0.05) is 23.7 Å². The number of rotatable bonds is 5. The number of anilines is 2. The number of para-hydroxylation sites is 2. The van der Waals surface area contributed by atoms with Gasteiger partial charge in [-0.25, -0.2) is 16.8 Å². The summed E-state index contributed by atoms with van der Waals surface area (Å²) in [6.07, 6.45) is -3.90. The number of nitrogens with one attached hydrogen (secondary N) is 2. The van der Waals surface area contributed by atoms with Gasteiger partial charge in [0.1, 0.15) is 4.90 Å². The SMILES string of the molecule is CS(=O)(=O)Nc1ccccc1NS(=O)(=O)c1cc(C(F)(F)F)ccc1Cl. The van der Waals surface area contributed by atoms with Crippen LogP contribution in [0.4, 0.5) is 24.5 Å². The van der Waals surface area contributed by atoms with Gasteiger partial charge in [0, 0.05) is 0 Å². The van der Waals surface area contributed by atoms with Crippen molar-refractivity contribution in [3.63, 3.8) is 0 Å². The average molecular weight is 429 g/mol. The molecule has 0 radical (unpaired) electrons. The van der Waals surface area contributed by atoms with Crippen LogP contribution < -0.4 is 9.44 Å². The molecule has 2 aromatic carbocycles. The van der Waals surface area contributed by atoms with Crippen molar-refractivity contribution in [3.05, 3.63) is 53.1 Å². The molecular formula is C14H12ClF3N2O4S2. The van der Waals surface area contributed by atoms with E-state index in [1.807, 2.05) is 4.72 Å². The van der Waals surface area contributed by atoms with Crippen LogP contribution in [-0.2, 0) is 26.2 Å². The molecule has 26 heavy (non-hydrogen) atoms. The van der Waals surface area contributed by atoms with Gasteiger partial charge >= 0.3 is 6.18 Å². The number of halogens is 4. The maximum Gasteiger partial charge on any atom is 0.416 e. The molecule has 0 saturated carbocycles. The second-order valence-corrected chi connectivity index (χ2v) is 8.97. The van der Waals surface area contributed by atoms with Gasteiger partial charge in [0.05, 0.1) is 28.2 Å². The second-order valence-electron chi connectivity index (χ2n) is 5.17. The Bertz CT molecular complexity index is 1040. The molecule has 0 aliphatic carbocycles. The molecule has 2 rings (SSSR count). The summed E-state index contributed by atoms with van der Waals surface area (Å²) in [6.45, 7) is 0. The number of hydrogen-bond acceptors (Lipinski definition) is 4. The monoisotopic (exact) mass is 428 g/mol. The molecule has 0 aromatic heterocycles. The van der Waals surface area contributed by atoms with Crippen LogP contribution in [-0.4, -0.2) is 23.1 Å². The molecule has 0 atom stereocenters. The van der Waals surface area contributed by atoms with Crippen molar-refractivity contribution in [2.45, 2.75) is 11.1 Å². The van der Waals surface area contributed by atoms with Crippen LogP contribution in [0.15, 0.2) is 47.4 Å². The van der Waals surface area contributed by atoms with E-state index in [9.17, 15) is 30.0 Å². The lowest BCUT2D eigenvalue weighted by Gasteiger charge is -2.15. The van der Waals surface area contributed by atoms with E-state index in [-0.39, 0.29) is 11.4 Å². The van der Waals surface area contributed by atoms with Crippen molar-refractivity contribution in [1.82, 2.24) is 0 Å². The molecule has 2 N–H and O–H groups in total. The van der Waals surface area contributed by atoms with Crippen LogP contribution in [0, 0.1) is 0 Å². The van der Waals surface area contributed by atoms with E-state index in [2.05, 4.69) is 4.72 Å². The first-order valence-corrected chi connectivity index (χ1v) is 10.5. The molecule has 0 saturated heterocycles. The molecule has 0 fully saturated rings. The summed E-state index contributed by atoms with van der Waals surface area (Å²) in [4.78, 5) is -0.789. The summed E-state index contributed by atoms with van der Waals surface area (Å²) < 4.78 is 90.3. The molecule has 142 valence electrons. The minimum atomic E-state index is -4.76. The Labute approximate surface area is 153 Å². The first kappa shape index (κ1) is 20.3. The average Bonchev–Trinajstić information content (AvgIpc) is 2.46. The maximum atomic E-state index is 12.8. The Morgan fingerprint density at radius 1 is 0.923 bits per heavy atom. The number of hydrogen-bond donors (Lipinski definition) is 2. The van der Waals surface area contributed by atoms with Gasteiger partial charge < -0.3 is 0 Å². The highest BCUT2D eigenvalue weighted by molar-refractivity contribution is 7.93. The van der Waals surface area contributed by atoms with Crippen LogP contribution in [0.5, 0.6) is 0 Å². The largest absolute Gasteiger partial charge is 0.416 e. The van der Waals surface area contributed by atoms with Crippen molar-refractivity contribution in [2.24, 2.45) is 0 Å². The Morgan fingerprint density at radius 3 is 1.96 bits per heavy atom. The van der Waals surface area contributed by atoms with Gasteiger partial charge in [-0.05, 0) is 30.3 Å². The fourth-order valence-electron chi connectivity index (χ4n) is 1.95. The summed E-state index contributed by atoms with van der Waals surface area (Å²) in [7, 11) is -8.24. The first-order valence-electron chi connectivity index (χ1n) is 6.76. The summed E-state index contributed by atoms with van der Waals surface area (Å²) in [5.41, 5.74) is -1.46. The van der Waals surface area contributed by atoms with Crippen LogP contribution >= 0.6 is 11.6 Å². The lowest BCUT2D eigenvalue weighted by molar-refractivity contribution is -0.137. The van der Waals surface area contributed by atoms with E-state index in [0.29, 0.717) is 12.1 Å². The Hall–Kier alpha value is -1.98. The first-order chi connectivity index (χ1) is 11.8. The Morgan fingerprint density at radius 2 is 1.46 bits per heavy atom. The molecule has 12 heteroatoms. The van der Waals surface area contributed by atoms with Crippen molar-refractivity contribution in [3.8, 4) is 0 Å². The van der Waals surface area contributed by atoms with Crippen molar-refractivity contribution in [1.29, 1.82) is 0 Å². The van der Waals surface area contributed by atoms with Gasteiger partial charge in [0.25, 0.3) is 10.0 Å².